The van der Waals surface area contributed by atoms with Gasteiger partial charge in [-0.2, -0.15) is 0 Å². The van der Waals surface area contributed by atoms with Crippen LogP contribution < -0.4 is 10.2 Å². The maximum absolute atomic E-state index is 13.9. The maximum Gasteiger partial charge on any atom is 0.239 e. The highest BCUT2D eigenvalue weighted by Crippen LogP contribution is 2.43. The fourth-order valence-corrected chi connectivity index (χ4v) is 6.60. The van der Waals surface area contributed by atoms with Crippen molar-refractivity contribution in [1.82, 2.24) is 0 Å². The zero-order valence-electron chi connectivity index (χ0n) is 27.1. The molecule has 21 heteroatoms. The van der Waals surface area contributed by atoms with Gasteiger partial charge in [-0.15, -0.1) is 0 Å². The third-order valence-corrected chi connectivity index (χ3v) is 9.50. The van der Waals surface area contributed by atoms with Gasteiger partial charge < -0.3 is 99.6 Å². The van der Waals surface area contributed by atoms with Gasteiger partial charge in [0, 0.05) is 17.7 Å². The molecule has 0 spiro atoms. The minimum absolute atomic E-state index is 0.165. The fraction of sp³-hybridized carbons (Fsp3) is 0.531. The molecule has 0 bridgehead atoms. The number of ether oxygens (including phenoxy) is 5. The number of fused-ring (bicyclic) bond motifs is 1. The molecule has 1 aromatic heterocycles. The van der Waals surface area contributed by atoms with E-state index in [1.54, 1.807) is 0 Å². The van der Waals surface area contributed by atoms with Crippen LogP contribution in [0.2, 0.25) is 0 Å². The van der Waals surface area contributed by atoms with Crippen LogP contribution in [0.5, 0.6) is 28.7 Å². The SMILES string of the molecule is O=c1c(O[C@@H]2O[C@H](CO)[C@@H](O)[C@@](O)([C@@H]3O[C@H](CO)[C@@H](O)[C@H](O)[C@H]3O[C@@H]3OC[C@@H](O)[C@H](O)[C@H]3O)[C@H]2O)c(-c2ccc(O)c(O)c2)oc2cc(O)cc(O)c12. The second kappa shape index (κ2) is 14.7. The van der Waals surface area contributed by atoms with Crippen LogP contribution in [0.4, 0.5) is 0 Å². The van der Waals surface area contributed by atoms with Crippen molar-refractivity contribution in [2.45, 2.75) is 85.3 Å². The molecule has 3 saturated heterocycles. The van der Waals surface area contributed by atoms with E-state index in [0.717, 1.165) is 30.3 Å². The lowest BCUT2D eigenvalue weighted by molar-refractivity contribution is -0.382. The van der Waals surface area contributed by atoms with E-state index in [1.807, 2.05) is 0 Å². The number of aromatic hydroxyl groups is 4. The smallest absolute Gasteiger partial charge is 0.239 e. The zero-order chi connectivity index (χ0) is 38.7. The largest absolute Gasteiger partial charge is 0.508 e. The molecule has 0 radical (unpaired) electrons. The van der Waals surface area contributed by atoms with E-state index in [9.17, 15) is 76.3 Å². The number of aliphatic hydroxyl groups excluding tert-OH is 9. The van der Waals surface area contributed by atoms with E-state index < -0.39 is 156 Å². The lowest BCUT2D eigenvalue weighted by Gasteiger charge is -2.55. The van der Waals surface area contributed by atoms with Crippen LogP contribution in [0.15, 0.2) is 39.5 Å². The predicted molar refractivity (Wildman–Crippen MR) is 168 cm³/mol. The molecular formula is C32H38O21. The minimum atomic E-state index is -3.23. The van der Waals surface area contributed by atoms with Crippen molar-refractivity contribution in [3.05, 3.63) is 40.6 Å². The molecule has 0 aliphatic carbocycles. The molecule has 0 amide bonds. The first-order valence-corrected chi connectivity index (χ1v) is 16.0. The normalized spacial score (nSPS) is 37.8. The van der Waals surface area contributed by atoms with Gasteiger partial charge in [0.2, 0.25) is 17.5 Å². The summed E-state index contributed by atoms with van der Waals surface area (Å²) in [6, 6.07) is 4.84. The molecule has 6 rings (SSSR count). The van der Waals surface area contributed by atoms with E-state index >= 15 is 0 Å². The molecule has 0 unspecified atom stereocenters. The molecule has 292 valence electrons. The highest BCUT2D eigenvalue weighted by atomic mass is 16.7. The van der Waals surface area contributed by atoms with Crippen molar-refractivity contribution in [2.24, 2.45) is 0 Å². The highest BCUT2D eigenvalue weighted by molar-refractivity contribution is 5.88. The zero-order valence-corrected chi connectivity index (χ0v) is 27.1. The number of phenolic OH excluding ortho intramolecular Hbond substituents is 4. The Bertz CT molecular complexity index is 1850. The summed E-state index contributed by atoms with van der Waals surface area (Å²) in [5, 5.41) is 148. The Morgan fingerprint density at radius 3 is 2.11 bits per heavy atom. The summed E-state index contributed by atoms with van der Waals surface area (Å²) < 4.78 is 33.6. The standard InChI is InChI=1S/C32H38O21/c33-6-16-20(41)22(43)26(53-30-23(44)19(40)14(39)8-48-30)29(50-16)32(47)27(45)17(7-34)51-31(28(32)46)52-25-21(42)18-13(38)4-10(35)5-15(18)49-24(25)9-1-2-11(36)12(37)3-9/h1-5,14,16-17,19-20,22-23,26-31,33-41,43-47H,6-8H2/t14-,16-,17-,19+,20-,22+,23-,26-,27-,28+,29-,30+,31+,32+/m1/s1. The molecule has 53 heavy (non-hydrogen) atoms. The van der Waals surface area contributed by atoms with Gasteiger partial charge in [0.15, 0.2) is 35.3 Å². The lowest BCUT2D eigenvalue weighted by Crippen LogP contribution is -2.78. The number of benzene rings is 2. The van der Waals surface area contributed by atoms with Crippen LogP contribution in [-0.2, 0) is 18.9 Å². The minimum Gasteiger partial charge on any atom is -0.508 e. The van der Waals surface area contributed by atoms with Crippen LogP contribution in [0.1, 0.15) is 0 Å². The van der Waals surface area contributed by atoms with Crippen molar-refractivity contribution >= 4 is 11.0 Å². The number of rotatable bonds is 8. The van der Waals surface area contributed by atoms with Gasteiger partial charge in [0.25, 0.3) is 0 Å². The Morgan fingerprint density at radius 2 is 1.45 bits per heavy atom. The monoisotopic (exact) mass is 758 g/mol. The fourth-order valence-electron chi connectivity index (χ4n) is 6.60. The van der Waals surface area contributed by atoms with Crippen LogP contribution in [0.25, 0.3) is 22.3 Å². The lowest BCUT2D eigenvalue weighted by atomic mass is 9.74. The summed E-state index contributed by atoms with van der Waals surface area (Å²) in [7, 11) is 0. The predicted octanol–water partition coefficient (Wildman–Crippen LogP) is -4.86. The Kier molecular flexibility index (Phi) is 10.8. The first-order chi connectivity index (χ1) is 25.0. The second-order valence-corrected chi connectivity index (χ2v) is 12.9. The van der Waals surface area contributed by atoms with Gasteiger partial charge >= 0.3 is 0 Å². The van der Waals surface area contributed by atoms with Crippen LogP contribution in [0, 0.1) is 0 Å². The van der Waals surface area contributed by atoms with E-state index in [2.05, 4.69) is 0 Å². The van der Waals surface area contributed by atoms with Crippen LogP contribution >= 0.6 is 0 Å². The number of phenols is 4. The Labute approximate surface area is 296 Å². The second-order valence-electron chi connectivity index (χ2n) is 12.9. The van der Waals surface area contributed by atoms with E-state index in [4.69, 9.17) is 28.1 Å². The van der Waals surface area contributed by atoms with Crippen molar-refractivity contribution in [3.63, 3.8) is 0 Å². The Hall–Kier alpha value is -3.91. The molecular weight excluding hydrogens is 720 g/mol. The van der Waals surface area contributed by atoms with Crippen molar-refractivity contribution in [3.8, 4) is 40.1 Å². The quantitative estimate of drug-likeness (QED) is 0.0958. The van der Waals surface area contributed by atoms with E-state index in [1.165, 1.54) is 0 Å². The number of hydrogen-bond donors (Lipinski definition) is 14. The summed E-state index contributed by atoms with van der Waals surface area (Å²) in [5.41, 5.74) is -4.98. The topological polar surface area (TPSA) is 360 Å². The third-order valence-electron chi connectivity index (χ3n) is 9.50. The van der Waals surface area contributed by atoms with E-state index in [0.29, 0.717) is 0 Å². The molecule has 0 saturated carbocycles. The molecule has 14 N–H and O–H groups in total. The van der Waals surface area contributed by atoms with E-state index in [-0.39, 0.29) is 5.56 Å². The van der Waals surface area contributed by atoms with Crippen LogP contribution in [-0.4, -0.2) is 177 Å². The van der Waals surface area contributed by atoms with Crippen LogP contribution in [0.3, 0.4) is 0 Å². The molecule has 2 aromatic carbocycles. The van der Waals surface area contributed by atoms with Gasteiger partial charge in [-0.3, -0.25) is 4.79 Å². The average Bonchev–Trinajstić information content (AvgIpc) is 3.12. The molecule has 14 atom stereocenters. The highest BCUT2D eigenvalue weighted by Gasteiger charge is 2.66. The number of aliphatic hydroxyl groups is 10. The average molecular weight is 759 g/mol. The summed E-state index contributed by atoms with van der Waals surface area (Å²) in [6.07, 6.45) is -26.8. The maximum atomic E-state index is 13.9. The van der Waals surface area contributed by atoms with Gasteiger partial charge in [-0.05, 0) is 18.2 Å². The van der Waals surface area contributed by atoms with Crippen molar-refractivity contribution in [2.75, 3.05) is 19.8 Å². The van der Waals surface area contributed by atoms with Gasteiger partial charge in [-0.1, -0.05) is 0 Å². The molecule has 3 aliphatic rings. The summed E-state index contributed by atoms with van der Waals surface area (Å²) >= 11 is 0. The molecule has 4 heterocycles. The van der Waals surface area contributed by atoms with Gasteiger partial charge in [0.1, 0.15) is 83.5 Å². The summed E-state index contributed by atoms with van der Waals surface area (Å²) in [4.78, 5) is 13.9. The molecule has 21 nitrogen and oxygen atoms in total. The first-order valence-electron chi connectivity index (χ1n) is 16.0. The molecule has 3 aromatic rings. The first kappa shape index (κ1) is 38.8. The molecule has 3 aliphatic heterocycles. The third kappa shape index (κ3) is 6.63. The Balaban J connectivity index is 1.45. The number of hydrogen-bond acceptors (Lipinski definition) is 21. The summed E-state index contributed by atoms with van der Waals surface area (Å²) in [5.74, 6) is -4.07. The van der Waals surface area contributed by atoms with Gasteiger partial charge in [0.05, 0.1) is 19.8 Å². The van der Waals surface area contributed by atoms with Crippen molar-refractivity contribution < 1.29 is 99.6 Å². The summed E-state index contributed by atoms with van der Waals surface area (Å²) in [6.45, 7) is -2.74. The van der Waals surface area contributed by atoms with Gasteiger partial charge in [-0.25, -0.2) is 0 Å². The molecule has 3 fully saturated rings. The Morgan fingerprint density at radius 1 is 0.755 bits per heavy atom. The van der Waals surface area contributed by atoms with Crippen molar-refractivity contribution in [1.29, 1.82) is 0 Å².